The van der Waals surface area contributed by atoms with Crippen LogP contribution < -0.4 is 0 Å². The van der Waals surface area contributed by atoms with Gasteiger partial charge in [-0.15, -0.1) is 0 Å². The Morgan fingerprint density at radius 1 is 0.250 bits per heavy atom. The van der Waals surface area contributed by atoms with E-state index in [1.54, 1.807) is 0 Å². The first kappa shape index (κ1) is 86.6. The Balaban J connectivity index is 0. The first-order valence-electron chi connectivity index (χ1n) is 0. The topological polar surface area (TPSA) is 57.0 Å². The van der Waals surface area contributed by atoms with E-state index in [1.807, 2.05) is 0 Å². The maximum atomic E-state index is 0. The van der Waals surface area contributed by atoms with Gasteiger partial charge in [0.15, 0.2) is 0 Å². The summed E-state index contributed by atoms with van der Waals surface area (Å²) in [6.07, 6.45) is 0. The van der Waals surface area contributed by atoms with Crippen LogP contribution in [0.1, 0.15) is 0 Å². The van der Waals surface area contributed by atoms with Crippen molar-refractivity contribution in [2.75, 3.05) is 0 Å². The monoisotopic (exact) mass is 320 g/mol. The zero-order valence-electron chi connectivity index (χ0n) is 3.82. The molecule has 8 heteroatoms. The third kappa shape index (κ3) is 48.9. The molecule has 0 unspecified atom stereocenters. The molecule has 0 spiro atoms. The molecular formula is O2Ti6+20. The fourth-order valence-corrected chi connectivity index (χ4v) is 0. The molecule has 0 aromatic carbocycles. The third-order valence-corrected chi connectivity index (χ3v) is 0. The van der Waals surface area contributed by atoms with Crippen molar-refractivity contribution >= 4 is 0 Å². The largest absolute Gasteiger partial charge is 4.00 e. The minimum Gasteiger partial charge on any atom is -2.00 e. The Morgan fingerprint density at radius 3 is 0.250 bits per heavy atom. The van der Waals surface area contributed by atoms with Gasteiger partial charge in [-0.05, 0) is 0 Å². The molecule has 0 saturated carbocycles. The zero-order valence-corrected chi connectivity index (χ0v) is 13.2. The Hall–Kier alpha value is 4.21. The van der Waals surface area contributed by atoms with Gasteiger partial charge in [-0.2, -0.15) is 0 Å². The minimum absolute atomic E-state index is 0. The summed E-state index contributed by atoms with van der Waals surface area (Å²) in [5.74, 6) is 0. The molecule has 0 aromatic heterocycles. The molecule has 0 fully saturated rings. The molecule has 0 bridgehead atoms. The zero-order chi connectivity index (χ0) is 0. The molecule has 0 amide bonds. The molecule has 0 aliphatic carbocycles. The maximum Gasteiger partial charge on any atom is 4.00 e. The van der Waals surface area contributed by atoms with E-state index in [-0.39, 0.29) is 141 Å². The van der Waals surface area contributed by atoms with Gasteiger partial charge in [-0.3, -0.25) is 0 Å². The number of rotatable bonds is 0. The molecule has 0 aromatic rings. The summed E-state index contributed by atoms with van der Waals surface area (Å²) in [7, 11) is 0. The smallest absolute Gasteiger partial charge is 2.00 e. The fourth-order valence-electron chi connectivity index (χ4n) is 0. The molecule has 16 valence electrons. The summed E-state index contributed by atoms with van der Waals surface area (Å²) < 4.78 is 0. The van der Waals surface area contributed by atoms with Crippen LogP contribution in [0.5, 0.6) is 0 Å². The fraction of sp³-hybridized carbons (Fsp3) is 0. The standard InChI is InChI=1S/2O.6Ti/q2*-2;6*+4. The van der Waals surface area contributed by atoms with Crippen molar-refractivity contribution in [2.45, 2.75) is 0 Å². The summed E-state index contributed by atoms with van der Waals surface area (Å²) >= 11 is 0. The SMILES string of the molecule is [O-2].[O-2].[Ti+4].[Ti+4].[Ti+4].[Ti+4].[Ti+4].[Ti+4]. The van der Waals surface area contributed by atoms with Crippen molar-refractivity contribution in [2.24, 2.45) is 0 Å². The van der Waals surface area contributed by atoms with E-state index in [9.17, 15) is 0 Å². The summed E-state index contributed by atoms with van der Waals surface area (Å²) in [6.45, 7) is 0. The molecule has 0 heterocycles. The van der Waals surface area contributed by atoms with E-state index in [2.05, 4.69) is 0 Å². The van der Waals surface area contributed by atoms with Crippen LogP contribution in [0.3, 0.4) is 0 Å². The van der Waals surface area contributed by atoms with Crippen LogP contribution in [-0.4, -0.2) is 0 Å². The van der Waals surface area contributed by atoms with E-state index in [4.69, 9.17) is 0 Å². The molecule has 0 aliphatic rings. The summed E-state index contributed by atoms with van der Waals surface area (Å²) in [5.41, 5.74) is 0. The molecule has 0 radical (unpaired) electrons. The third-order valence-electron chi connectivity index (χ3n) is 0. The van der Waals surface area contributed by atoms with Gasteiger partial charge in [-0.25, -0.2) is 0 Å². The van der Waals surface area contributed by atoms with Crippen LogP contribution in [0.15, 0.2) is 0 Å². The quantitative estimate of drug-likeness (QED) is 0.553. The van der Waals surface area contributed by atoms with Gasteiger partial charge in [0.05, 0.1) is 0 Å². The number of hydrogen-bond donors (Lipinski definition) is 0. The van der Waals surface area contributed by atoms with Gasteiger partial charge in [0.2, 0.25) is 0 Å². The maximum absolute atomic E-state index is 0. The van der Waals surface area contributed by atoms with E-state index in [0.717, 1.165) is 0 Å². The van der Waals surface area contributed by atoms with E-state index in [0.29, 0.717) is 0 Å². The van der Waals surface area contributed by atoms with Crippen LogP contribution in [0, 0.1) is 0 Å². The van der Waals surface area contributed by atoms with Crippen molar-refractivity contribution in [3.63, 3.8) is 0 Å². The molecule has 2 nitrogen and oxygen atoms in total. The van der Waals surface area contributed by atoms with Crippen LogP contribution in [0.25, 0.3) is 0 Å². The second kappa shape index (κ2) is 66.0. The van der Waals surface area contributed by atoms with Crippen molar-refractivity contribution in [1.29, 1.82) is 0 Å². The Kier molecular flexibility index (Phi) is 715. The molecule has 0 rings (SSSR count). The average molecular weight is 319 g/mol. The Morgan fingerprint density at radius 2 is 0.250 bits per heavy atom. The Bertz CT molecular complexity index is 6.49. The van der Waals surface area contributed by atoms with Crippen LogP contribution in [-0.2, 0) is 141 Å². The van der Waals surface area contributed by atoms with Gasteiger partial charge in [0.25, 0.3) is 0 Å². The van der Waals surface area contributed by atoms with E-state index < -0.39 is 0 Å². The van der Waals surface area contributed by atoms with Crippen LogP contribution >= 0.6 is 0 Å². The van der Waals surface area contributed by atoms with E-state index >= 15 is 0 Å². The van der Waals surface area contributed by atoms with Gasteiger partial charge >= 0.3 is 130 Å². The van der Waals surface area contributed by atoms with Gasteiger partial charge in [0, 0.05) is 0 Å². The summed E-state index contributed by atoms with van der Waals surface area (Å²) in [5, 5.41) is 0. The number of hydrogen-bond acceptors (Lipinski definition) is 0. The molecule has 8 heavy (non-hydrogen) atoms. The molecular weight excluding hydrogens is 319 g/mol. The van der Waals surface area contributed by atoms with Crippen molar-refractivity contribution in [3.05, 3.63) is 0 Å². The molecule has 0 saturated heterocycles. The van der Waals surface area contributed by atoms with E-state index in [1.165, 1.54) is 0 Å². The predicted octanol–water partition coefficient (Wildman–Crippen LogP) is -0.253. The summed E-state index contributed by atoms with van der Waals surface area (Å²) in [6, 6.07) is 0. The van der Waals surface area contributed by atoms with Gasteiger partial charge in [0.1, 0.15) is 0 Å². The molecule has 0 aliphatic heterocycles. The molecule has 0 atom stereocenters. The normalized spacial score (nSPS) is 0. The first-order valence-corrected chi connectivity index (χ1v) is 0. The summed E-state index contributed by atoms with van der Waals surface area (Å²) in [4.78, 5) is 0. The minimum atomic E-state index is 0. The van der Waals surface area contributed by atoms with Crippen molar-refractivity contribution < 1.29 is 141 Å². The second-order valence-electron chi connectivity index (χ2n) is 0. The first-order chi connectivity index (χ1) is 0. The molecule has 0 N–H and O–H groups in total. The van der Waals surface area contributed by atoms with Gasteiger partial charge in [-0.1, -0.05) is 0 Å². The van der Waals surface area contributed by atoms with Gasteiger partial charge < -0.3 is 11.0 Å². The average Bonchev–Trinajstić information content (AvgIpc) is 0. The Labute approximate surface area is 138 Å². The van der Waals surface area contributed by atoms with Crippen LogP contribution in [0.2, 0.25) is 0 Å². The predicted molar refractivity (Wildman–Crippen MR) is 1.37 cm³/mol. The van der Waals surface area contributed by atoms with Crippen LogP contribution in [0.4, 0.5) is 0 Å². The second-order valence-corrected chi connectivity index (χ2v) is 0. The van der Waals surface area contributed by atoms with Crippen molar-refractivity contribution in [3.8, 4) is 0 Å². The van der Waals surface area contributed by atoms with Crippen molar-refractivity contribution in [1.82, 2.24) is 0 Å².